The van der Waals surface area contributed by atoms with Gasteiger partial charge in [0.05, 0.1) is 13.2 Å². The lowest BCUT2D eigenvalue weighted by Crippen LogP contribution is -2.41. The maximum atomic E-state index is 5.74. The summed E-state index contributed by atoms with van der Waals surface area (Å²) in [5, 5.41) is 0. The van der Waals surface area contributed by atoms with Crippen LogP contribution in [0.25, 0.3) is 0 Å². The molecule has 0 spiro atoms. The van der Waals surface area contributed by atoms with Crippen LogP contribution in [0.3, 0.4) is 0 Å². The zero-order chi connectivity index (χ0) is 11.6. The fraction of sp³-hybridized carbons (Fsp3) is 0.571. The van der Waals surface area contributed by atoms with E-state index in [0.29, 0.717) is 0 Å². The summed E-state index contributed by atoms with van der Waals surface area (Å²) < 4.78 is 11.5. The normalized spacial score (nSPS) is 29.9. The highest BCUT2D eigenvalue weighted by atomic mass is 16.7. The number of allylic oxidation sites excluding steroid dienone is 4. The van der Waals surface area contributed by atoms with Crippen LogP contribution in [0.15, 0.2) is 36.5 Å². The van der Waals surface area contributed by atoms with Gasteiger partial charge in [-0.1, -0.05) is 44.7 Å². The number of ether oxygens (including phenoxy) is 2. The third-order valence-electron chi connectivity index (χ3n) is 3.34. The molecule has 0 bridgehead atoms. The van der Waals surface area contributed by atoms with Crippen molar-refractivity contribution < 1.29 is 9.47 Å². The summed E-state index contributed by atoms with van der Waals surface area (Å²) in [5.74, 6) is 0.246. The molecule has 0 N–H and O–H groups in total. The van der Waals surface area contributed by atoms with E-state index in [1.807, 2.05) is 6.08 Å². The molecule has 1 saturated heterocycles. The zero-order valence-corrected chi connectivity index (χ0v) is 10.1. The Hall–Kier alpha value is -0.860. The van der Waals surface area contributed by atoms with Crippen molar-refractivity contribution in [1.82, 2.24) is 0 Å². The molecule has 16 heavy (non-hydrogen) atoms. The van der Waals surface area contributed by atoms with Crippen LogP contribution in [-0.4, -0.2) is 19.5 Å². The second kappa shape index (κ2) is 4.56. The van der Waals surface area contributed by atoms with Gasteiger partial charge >= 0.3 is 0 Å². The van der Waals surface area contributed by atoms with Gasteiger partial charge in [-0.2, -0.15) is 0 Å². The number of hydrogen-bond donors (Lipinski definition) is 0. The monoisotopic (exact) mass is 220 g/mol. The molecule has 0 radical (unpaired) electrons. The second-order valence-electron chi connectivity index (χ2n) is 4.99. The van der Waals surface area contributed by atoms with Crippen LogP contribution in [0, 0.1) is 11.3 Å². The molecule has 2 heteroatoms. The average molecular weight is 220 g/mol. The SMILES string of the molecule is C=CC1=CC=CC(C)(C)C1C1OCCCO1. The lowest BCUT2D eigenvalue weighted by atomic mass is 9.71. The molecule has 2 rings (SSSR count). The molecular formula is C14H20O2. The molecule has 1 aliphatic heterocycles. The third-order valence-corrected chi connectivity index (χ3v) is 3.34. The van der Waals surface area contributed by atoms with Gasteiger partial charge in [-0.05, 0) is 17.4 Å². The third kappa shape index (κ3) is 2.13. The van der Waals surface area contributed by atoms with E-state index >= 15 is 0 Å². The van der Waals surface area contributed by atoms with Gasteiger partial charge in [0.1, 0.15) is 0 Å². The Morgan fingerprint density at radius 3 is 2.69 bits per heavy atom. The van der Waals surface area contributed by atoms with Crippen LogP contribution in [0.4, 0.5) is 0 Å². The van der Waals surface area contributed by atoms with Crippen LogP contribution in [0.1, 0.15) is 20.3 Å². The highest BCUT2D eigenvalue weighted by Crippen LogP contribution is 2.41. The summed E-state index contributed by atoms with van der Waals surface area (Å²) in [5.41, 5.74) is 1.26. The predicted molar refractivity (Wildman–Crippen MR) is 65.0 cm³/mol. The minimum atomic E-state index is -0.127. The molecule has 0 aromatic rings. The Kier molecular flexibility index (Phi) is 3.31. The van der Waals surface area contributed by atoms with Crippen LogP contribution >= 0.6 is 0 Å². The first kappa shape index (κ1) is 11.6. The zero-order valence-electron chi connectivity index (χ0n) is 10.1. The summed E-state index contributed by atoms with van der Waals surface area (Å²) in [6.07, 6.45) is 9.19. The van der Waals surface area contributed by atoms with Crippen LogP contribution in [-0.2, 0) is 9.47 Å². The van der Waals surface area contributed by atoms with Gasteiger partial charge in [0.25, 0.3) is 0 Å². The molecule has 2 aliphatic rings. The minimum Gasteiger partial charge on any atom is -0.352 e. The van der Waals surface area contributed by atoms with E-state index in [9.17, 15) is 0 Å². The van der Waals surface area contributed by atoms with Crippen molar-refractivity contribution in [2.24, 2.45) is 11.3 Å². The van der Waals surface area contributed by atoms with E-state index in [1.165, 1.54) is 5.57 Å². The fourth-order valence-electron chi connectivity index (χ4n) is 2.45. The van der Waals surface area contributed by atoms with Gasteiger partial charge in [-0.25, -0.2) is 0 Å². The average Bonchev–Trinajstić information content (AvgIpc) is 2.28. The summed E-state index contributed by atoms with van der Waals surface area (Å²) in [6.45, 7) is 9.90. The standard InChI is InChI=1S/C14H20O2/c1-4-11-7-5-8-14(2,3)12(11)13-15-9-6-10-16-13/h4-5,7-8,12-13H,1,6,9-10H2,2-3H3. The summed E-state index contributed by atoms with van der Waals surface area (Å²) >= 11 is 0. The van der Waals surface area contributed by atoms with Gasteiger partial charge in [-0.15, -0.1) is 0 Å². The Balaban J connectivity index is 2.23. The van der Waals surface area contributed by atoms with Crippen LogP contribution in [0.5, 0.6) is 0 Å². The maximum Gasteiger partial charge on any atom is 0.165 e. The minimum absolute atomic E-state index is 0.0558. The molecule has 1 aliphatic carbocycles. The van der Waals surface area contributed by atoms with E-state index in [0.717, 1.165) is 19.6 Å². The van der Waals surface area contributed by atoms with Crippen molar-refractivity contribution in [3.63, 3.8) is 0 Å². The Labute approximate surface area is 97.6 Å². The Morgan fingerprint density at radius 2 is 2.06 bits per heavy atom. The van der Waals surface area contributed by atoms with Crippen molar-refractivity contribution in [2.75, 3.05) is 13.2 Å². The van der Waals surface area contributed by atoms with Crippen LogP contribution in [0.2, 0.25) is 0 Å². The second-order valence-corrected chi connectivity index (χ2v) is 4.99. The Morgan fingerprint density at radius 1 is 1.38 bits per heavy atom. The van der Waals surface area contributed by atoms with Crippen molar-refractivity contribution >= 4 is 0 Å². The topological polar surface area (TPSA) is 18.5 Å². The largest absolute Gasteiger partial charge is 0.352 e. The molecule has 88 valence electrons. The molecule has 0 aromatic heterocycles. The molecule has 0 aromatic carbocycles. The van der Waals surface area contributed by atoms with Gasteiger partial charge in [-0.3, -0.25) is 0 Å². The molecule has 1 unspecified atom stereocenters. The molecule has 1 heterocycles. The highest BCUT2D eigenvalue weighted by Gasteiger charge is 2.39. The Bertz CT molecular complexity index is 320. The number of rotatable bonds is 2. The predicted octanol–water partition coefficient (Wildman–Crippen LogP) is 3.07. The molecule has 1 atom stereocenters. The smallest absolute Gasteiger partial charge is 0.165 e. The quantitative estimate of drug-likeness (QED) is 0.712. The highest BCUT2D eigenvalue weighted by molar-refractivity contribution is 5.33. The molecule has 2 nitrogen and oxygen atoms in total. The summed E-state index contributed by atoms with van der Waals surface area (Å²) in [4.78, 5) is 0. The summed E-state index contributed by atoms with van der Waals surface area (Å²) in [7, 11) is 0. The van der Waals surface area contributed by atoms with E-state index in [-0.39, 0.29) is 17.6 Å². The van der Waals surface area contributed by atoms with Crippen molar-refractivity contribution in [3.8, 4) is 0 Å². The molecular weight excluding hydrogens is 200 g/mol. The first-order chi connectivity index (χ1) is 7.65. The van der Waals surface area contributed by atoms with Gasteiger partial charge in [0.15, 0.2) is 6.29 Å². The first-order valence-electron chi connectivity index (χ1n) is 5.90. The fourth-order valence-corrected chi connectivity index (χ4v) is 2.45. The lowest BCUT2D eigenvalue weighted by molar-refractivity contribution is -0.210. The van der Waals surface area contributed by atoms with E-state index in [1.54, 1.807) is 0 Å². The van der Waals surface area contributed by atoms with E-state index in [4.69, 9.17) is 9.47 Å². The van der Waals surface area contributed by atoms with Gasteiger partial charge < -0.3 is 9.47 Å². The van der Waals surface area contributed by atoms with Gasteiger partial charge in [0.2, 0.25) is 0 Å². The number of hydrogen-bond acceptors (Lipinski definition) is 2. The maximum absolute atomic E-state index is 5.74. The van der Waals surface area contributed by atoms with Crippen LogP contribution < -0.4 is 0 Å². The van der Waals surface area contributed by atoms with Crippen molar-refractivity contribution in [2.45, 2.75) is 26.6 Å². The van der Waals surface area contributed by atoms with Gasteiger partial charge in [0, 0.05) is 5.92 Å². The van der Waals surface area contributed by atoms with Crippen molar-refractivity contribution in [3.05, 3.63) is 36.5 Å². The van der Waals surface area contributed by atoms with E-state index in [2.05, 4.69) is 38.7 Å². The van der Waals surface area contributed by atoms with E-state index < -0.39 is 0 Å². The lowest BCUT2D eigenvalue weighted by Gasteiger charge is -2.41. The summed E-state index contributed by atoms with van der Waals surface area (Å²) in [6, 6.07) is 0. The molecule has 0 amide bonds. The molecule has 1 fully saturated rings. The van der Waals surface area contributed by atoms with Crippen molar-refractivity contribution in [1.29, 1.82) is 0 Å². The molecule has 0 saturated carbocycles. The first-order valence-corrected chi connectivity index (χ1v) is 5.90.